The summed E-state index contributed by atoms with van der Waals surface area (Å²) in [5.41, 5.74) is 2.79. The largest absolute Gasteiger partial charge is 0.497 e. The fraction of sp³-hybridized carbons (Fsp3) is 0.333. The second-order valence-corrected chi connectivity index (χ2v) is 9.76. The quantitative estimate of drug-likeness (QED) is 0.263. The van der Waals surface area contributed by atoms with Crippen LogP contribution in [0.1, 0.15) is 18.4 Å². The van der Waals surface area contributed by atoms with Crippen LogP contribution in [0.3, 0.4) is 0 Å². The van der Waals surface area contributed by atoms with Crippen LogP contribution >= 0.6 is 24.8 Å². The minimum atomic E-state index is 0. The Balaban J connectivity index is 0.00000194. The van der Waals surface area contributed by atoms with Crippen molar-refractivity contribution in [3.05, 3.63) is 60.2 Å². The number of hydrogen-bond donors (Lipinski definition) is 1. The first-order valence-corrected chi connectivity index (χ1v) is 13.1. The Morgan fingerprint density at radius 3 is 2.29 bits per heavy atom. The third-order valence-electron chi connectivity index (χ3n) is 7.42. The Morgan fingerprint density at radius 2 is 1.54 bits per heavy atom. The van der Waals surface area contributed by atoms with E-state index in [1.165, 1.54) is 5.56 Å². The lowest BCUT2D eigenvalue weighted by Gasteiger charge is -2.32. The Bertz CT molecular complexity index is 1500. The number of fused-ring (bicyclic) bond motifs is 2. The molecular formula is C30H34Cl2N4O5. The molecule has 11 heteroatoms. The van der Waals surface area contributed by atoms with Crippen LogP contribution in [0.5, 0.6) is 28.7 Å². The van der Waals surface area contributed by atoms with Crippen LogP contribution in [0.25, 0.3) is 22.0 Å². The maximum atomic E-state index is 5.64. The van der Waals surface area contributed by atoms with Gasteiger partial charge in [-0.05, 0) is 66.9 Å². The highest BCUT2D eigenvalue weighted by Gasteiger charge is 2.23. The van der Waals surface area contributed by atoms with Gasteiger partial charge in [0.15, 0.2) is 17.3 Å². The molecule has 41 heavy (non-hydrogen) atoms. The lowest BCUT2D eigenvalue weighted by atomic mass is 10.0. The zero-order valence-electron chi connectivity index (χ0n) is 23.2. The molecule has 0 bridgehead atoms. The lowest BCUT2D eigenvalue weighted by Crippen LogP contribution is -2.38. The molecule has 2 aliphatic heterocycles. The second kappa shape index (κ2) is 13.3. The van der Waals surface area contributed by atoms with Crippen molar-refractivity contribution in [3.63, 3.8) is 0 Å². The molecular weight excluding hydrogens is 567 g/mol. The van der Waals surface area contributed by atoms with Gasteiger partial charge in [0.25, 0.3) is 0 Å². The standard InChI is InChI=1S/C30H32N4O5.2ClH/c1-35-21-5-7-23-24(15-21)30(33-32-29(23)25-16-22(36-2)6-9-26(25)37-3)31-20-10-12-34(13-11-20)17-19-4-8-27-28(14-19)39-18-38-27;;/h4-9,14-16,20H,10-13,17-18H2,1-3H3,(H,31,33);2*1H. The van der Waals surface area contributed by atoms with Crippen LogP contribution in [0.4, 0.5) is 5.82 Å². The molecule has 6 rings (SSSR count). The summed E-state index contributed by atoms with van der Waals surface area (Å²) in [4.78, 5) is 2.47. The highest BCUT2D eigenvalue weighted by Crippen LogP contribution is 2.39. The summed E-state index contributed by atoms with van der Waals surface area (Å²) in [6.45, 7) is 3.16. The summed E-state index contributed by atoms with van der Waals surface area (Å²) in [6.07, 6.45) is 2.01. The number of piperidine rings is 1. The van der Waals surface area contributed by atoms with E-state index in [1.807, 2.05) is 42.5 Å². The molecule has 4 aromatic rings. The molecule has 0 spiro atoms. The maximum absolute atomic E-state index is 5.64. The number of benzene rings is 3. The minimum Gasteiger partial charge on any atom is -0.497 e. The summed E-state index contributed by atoms with van der Waals surface area (Å²) in [5, 5.41) is 14.9. The molecule has 1 aromatic heterocycles. The Kier molecular flexibility index (Phi) is 9.86. The van der Waals surface area contributed by atoms with Crippen molar-refractivity contribution in [2.75, 3.05) is 46.5 Å². The summed E-state index contributed by atoms with van der Waals surface area (Å²) in [6, 6.07) is 18.1. The molecule has 0 radical (unpaired) electrons. The highest BCUT2D eigenvalue weighted by molar-refractivity contribution is 6.01. The number of nitrogens with zero attached hydrogens (tertiary/aromatic N) is 3. The van der Waals surface area contributed by atoms with E-state index in [9.17, 15) is 0 Å². The van der Waals surface area contributed by atoms with Crippen LogP contribution in [0, 0.1) is 0 Å². The number of halogens is 2. The average molecular weight is 602 g/mol. The molecule has 0 saturated carbocycles. The van der Waals surface area contributed by atoms with Gasteiger partial charge in [-0.3, -0.25) is 4.90 Å². The molecule has 218 valence electrons. The first kappa shape index (κ1) is 30.3. The molecule has 0 unspecified atom stereocenters. The predicted octanol–water partition coefficient (Wildman–Crippen LogP) is 5.97. The number of aromatic nitrogens is 2. The number of ether oxygens (including phenoxy) is 5. The molecule has 1 fully saturated rings. The zero-order chi connectivity index (χ0) is 26.8. The smallest absolute Gasteiger partial charge is 0.231 e. The van der Waals surface area contributed by atoms with Crippen molar-refractivity contribution in [1.29, 1.82) is 0 Å². The third kappa shape index (κ3) is 6.32. The van der Waals surface area contributed by atoms with Crippen LogP contribution in [-0.2, 0) is 6.54 Å². The van der Waals surface area contributed by atoms with E-state index < -0.39 is 0 Å². The Morgan fingerprint density at radius 1 is 0.805 bits per heavy atom. The van der Waals surface area contributed by atoms with Crippen molar-refractivity contribution in [2.24, 2.45) is 0 Å². The van der Waals surface area contributed by atoms with Gasteiger partial charge in [0.1, 0.15) is 22.9 Å². The van der Waals surface area contributed by atoms with Gasteiger partial charge in [-0.1, -0.05) is 6.07 Å². The van der Waals surface area contributed by atoms with E-state index in [0.29, 0.717) is 18.6 Å². The summed E-state index contributed by atoms with van der Waals surface area (Å²) in [7, 11) is 4.97. The molecule has 0 aliphatic carbocycles. The van der Waals surface area contributed by atoms with Gasteiger partial charge in [-0.2, -0.15) is 0 Å². The molecule has 1 saturated heterocycles. The highest BCUT2D eigenvalue weighted by atomic mass is 35.5. The van der Waals surface area contributed by atoms with E-state index in [0.717, 1.165) is 83.3 Å². The van der Waals surface area contributed by atoms with E-state index in [2.05, 4.69) is 32.5 Å². The molecule has 0 amide bonds. The number of likely N-dealkylation sites (tertiary alicyclic amines) is 1. The third-order valence-corrected chi connectivity index (χ3v) is 7.42. The van der Waals surface area contributed by atoms with Gasteiger partial charge in [-0.15, -0.1) is 35.0 Å². The topological polar surface area (TPSA) is 87.2 Å². The van der Waals surface area contributed by atoms with Gasteiger partial charge in [-0.25, -0.2) is 0 Å². The van der Waals surface area contributed by atoms with Crippen molar-refractivity contribution >= 4 is 41.4 Å². The van der Waals surface area contributed by atoms with Crippen molar-refractivity contribution in [3.8, 4) is 40.0 Å². The van der Waals surface area contributed by atoms with Crippen molar-refractivity contribution in [1.82, 2.24) is 15.1 Å². The van der Waals surface area contributed by atoms with Gasteiger partial charge >= 0.3 is 0 Å². The van der Waals surface area contributed by atoms with Crippen LogP contribution in [0.15, 0.2) is 54.6 Å². The van der Waals surface area contributed by atoms with E-state index in [-0.39, 0.29) is 24.8 Å². The summed E-state index contributed by atoms with van der Waals surface area (Å²) in [5.74, 6) is 4.61. The summed E-state index contributed by atoms with van der Waals surface area (Å²) < 4.78 is 27.6. The first-order chi connectivity index (χ1) is 19.1. The number of rotatable bonds is 8. The monoisotopic (exact) mass is 600 g/mol. The predicted molar refractivity (Wildman–Crippen MR) is 164 cm³/mol. The van der Waals surface area contributed by atoms with E-state index in [4.69, 9.17) is 23.7 Å². The second-order valence-electron chi connectivity index (χ2n) is 9.76. The average Bonchev–Trinajstić information content (AvgIpc) is 3.46. The first-order valence-electron chi connectivity index (χ1n) is 13.1. The Labute approximate surface area is 251 Å². The number of hydrogen-bond acceptors (Lipinski definition) is 9. The SMILES string of the molecule is COc1ccc(OC)c(-c2nnc(NC3CCN(Cc4ccc5c(c4)OCO5)CC3)c3cc(OC)ccc23)c1.Cl.Cl. The molecule has 2 aliphatic rings. The fourth-order valence-electron chi connectivity index (χ4n) is 5.29. The molecule has 9 nitrogen and oxygen atoms in total. The minimum absolute atomic E-state index is 0. The van der Waals surface area contributed by atoms with Gasteiger partial charge in [0.2, 0.25) is 6.79 Å². The van der Waals surface area contributed by atoms with Crippen LogP contribution in [0.2, 0.25) is 0 Å². The maximum Gasteiger partial charge on any atom is 0.231 e. The zero-order valence-corrected chi connectivity index (χ0v) is 24.8. The molecule has 3 heterocycles. The molecule has 3 aromatic carbocycles. The fourth-order valence-corrected chi connectivity index (χ4v) is 5.29. The number of anilines is 1. The van der Waals surface area contributed by atoms with E-state index >= 15 is 0 Å². The summed E-state index contributed by atoms with van der Waals surface area (Å²) >= 11 is 0. The van der Waals surface area contributed by atoms with Gasteiger partial charge in [0, 0.05) is 42.0 Å². The van der Waals surface area contributed by atoms with E-state index in [1.54, 1.807) is 21.3 Å². The number of methoxy groups -OCH3 is 3. The molecule has 1 N–H and O–H groups in total. The van der Waals surface area contributed by atoms with Crippen molar-refractivity contribution < 1.29 is 23.7 Å². The van der Waals surface area contributed by atoms with Crippen LogP contribution < -0.4 is 29.0 Å². The van der Waals surface area contributed by atoms with Crippen LogP contribution in [-0.4, -0.2) is 62.4 Å². The number of nitrogens with one attached hydrogen (secondary N) is 1. The van der Waals surface area contributed by atoms with Gasteiger partial charge < -0.3 is 29.0 Å². The van der Waals surface area contributed by atoms with Gasteiger partial charge in [0.05, 0.1) is 21.3 Å². The van der Waals surface area contributed by atoms with Crippen molar-refractivity contribution in [2.45, 2.75) is 25.4 Å². The lowest BCUT2D eigenvalue weighted by molar-refractivity contribution is 0.173. The Hall–Kier alpha value is -3.66. The normalized spacial score (nSPS) is 14.6. The molecule has 0 atom stereocenters.